The lowest BCUT2D eigenvalue weighted by atomic mass is 10.0. The van der Waals surface area contributed by atoms with Gasteiger partial charge in [0.05, 0.1) is 0 Å². The fourth-order valence-corrected chi connectivity index (χ4v) is 3.07. The number of ether oxygens (including phenoxy) is 2. The zero-order chi connectivity index (χ0) is 15.6. The van der Waals surface area contributed by atoms with Crippen LogP contribution in [0.15, 0.2) is 42.5 Å². The molecule has 120 valence electrons. The fraction of sp³-hybridized carbons (Fsp3) is 0.368. The van der Waals surface area contributed by atoms with E-state index >= 15 is 0 Å². The van der Waals surface area contributed by atoms with Crippen molar-refractivity contribution in [3.05, 3.63) is 59.4 Å². The monoisotopic (exact) mass is 313 g/mol. The van der Waals surface area contributed by atoms with Crippen LogP contribution in [-0.2, 0) is 6.54 Å². The SMILES string of the molecule is Fc1ccc(CNC(c2ccc3c(c2)OCCO3)C2CC2)cc1. The first-order valence-electron chi connectivity index (χ1n) is 8.17. The molecule has 2 aromatic rings. The van der Waals surface area contributed by atoms with E-state index in [0.717, 1.165) is 23.6 Å². The highest BCUT2D eigenvalue weighted by Crippen LogP contribution is 2.43. The topological polar surface area (TPSA) is 30.5 Å². The van der Waals surface area contributed by atoms with E-state index < -0.39 is 0 Å². The number of nitrogens with one attached hydrogen (secondary N) is 1. The molecule has 1 aliphatic heterocycles. The van der Waals surface area contributed by atoms with E-state index in [2.05, 4.69) is 17.4 Å². The number of benzene rings is 2. The molecule has 0 spiro atoms. The maximum atomic E-state index is 13.0. The summed E-state index contributed by atoms with van der Waals surface area (Å²) >= 11 is 0. The van der Waals surface area contributed by atoms with Crippen LogP contribution in [0.25, 0.3) is 0 Å². The van der Waals surface area contributed by atoms with Gasteiger partial charge in [-0.05, 0) is 54.2 Å². The third-order valence-corrected chi connectivity index (χ3v) is 4.46. The molecule has 1 fully saturated rings. The molecule has 1 saturated carbocycles. The third kappa shape index (κ3) is 3.32. The maximum absolute atomic E-state index is 13.0. The quantitative estimate of drug-likeness (QED) is 0.910. The molecular formula is C19H20FNO2. The lowest BCUT2D eigenvalue weighted by molar-refractivity contribution is 0.171. The van der Waals surface area contributed by atoms with Crippen LogP contribution in [0, 0.1) is 11.7 Å². The van der Waals surface area contributed by atoms with Crippen LogP contribution in [0.2, 0.25) is 0 Å². The standard InChI is InChI=1S/C19H20FNO2/c20-16-6-1-13(2-7-16)12-21-19(14-3-4-14)15-5-8-17-18(11-15)23-10-9-22-17/h1-2,5-8,11,14,19,21H,3-4,9-10,12H2. The number of fused-ring (bicyclic) bond motifs is 1. The first kappa shape index (κ1) is 14.5. The molecule has 0 bridgehead atoms. The summed E-state index contributed by atoms with van der Waals surface area (Å²) in [6.07, 6.45) is 2.49. The molecule has 2 aromatic carbocycles. The predicted molar refractivity (Wildman–Crippen MR) is 86.1 cm³/mol. The predicted octanol–water partition coefficient (Wildman–Crippen LogP) is 3.84. The number of rotatable bonds is 5. The summed E-state index contributed by atoms with van der Waals surface area (Å²) in [4.78, 5) is 0. The van der Waals surface area contributed by atoms with Gasteiger partial charge in [0.2, 0.25) is 0 Å². The van der Waals surface area contributed by atoms with Gasteiger partial charge in [0.1, 0.15) is 19.0 Å². The van der Waals surface area contributed by atoms with Crippen LogP contribution in [0.4, 0.5) is 4.39 Å². The van der Waals surface area contributed by atoms with E-state index in [1.807, 2.05) is 18.2 Å². The van der Waals surface area contributed by atoms with Crippen LogP contribution in [0.5, 0.6) is 11.5 Å². The van der Waals surface area contributed by atoms with E-state index in [0.29, 0.717) is 25.2 Å². The van der Waals surface area contributed by atoms with E-state index in [1.54, 1.807) is 0 Å². The van der Waals surface area contributed by atoms with Crippen molar-refractivity contribution in [2.24, 2.45) is 5.92 Å². The first-order chi connectivity index (χ1) is 11.3. The van der Waals surface area contributed by atoms with Gasteiger partial charge in [-0.15, -0.1) is 0 Å². The molecule has 0 saturated heterocycles. The molecule has 3 nitrogen and oxygen atoms in total. The highest BCUT2D eigenvalue weighted by Gasteiger charge is 2.32. The molecule has 1 heterocycles. The van der Waals surface area contributed by atoms with Gasteiger partial charge in [-0.1, -0.05) is 18.2 Å². The molecule has 0 amide bonds. The molecule has 2 aliphatic rings. The normalized spacial score (nSPS) is 17.8. The lowest BCUT2D eigenvalue weighted by Crippen LogP contribution is -2.23. The summed E-state index contributed by atoms with van der Waals surface area (Å²) in [7, 11) is 0. The third-order valence-electron chi connectivity index (χ3n) is 4.46. The van der Waals surface area contributed by atoms with Gasteiger partial charge in [0.25, 0.3) is 0 Å². The van der Waals surface area contributed by atoms with Crippen molar-refractivity contribution in [1.82, 2.24) is 5.32 Å². The van der Waals surface area contributed by atoms with E-state index in [9.17, 15) is 4.39 Å². The van der Waals surface area contributed by atoms with Crippen molar-refractivity contribution < 1.29 is 13.9 Å². The molecule has 4 rings (SSSR count). The van der Waals surface area contributed by atoms with Crippen LogP contribution >= 0.6 is 0 Å². The lowest BCUT2D eigenvalue weighted by Gasteiger charge is -2.23. The van der Waals surface area contributed by atoms with Gasteiger partial charge in [-0.2, -0.15) is 0 Å². The molecule has 0 radical (unpaired) electrons. The summed E-state index contributed by atoms with van der Waals surface area (Å²) in [6.45, 7) is 1.95. The summed E-state index contributed by atoms with van der Waals surface area (Å²) in [5, 5.41) is 3.62. The van der Waals surface area contributed by atoms with E-state index in [4.69, 9.17) is 9.47 Å². The van der Waals surface area contributed by atoms with Crippen LogP contribution in [0.1, 0.15) is 30.0 Å². The molecule has 0 aromatic heterocycles. The number of halogens is 1. The van der Waals surface area contributed by atoms with Gasteiger partial charge in [-0.3, -0.25) is 0 Å². The van der Waals surface area contributed by atoms with Gasteiger partial charge in [0, 0.05) is 12.6 Å². The molecule has 4 heteroatoms. The summed E-state index contributed by atoms with van der Waals surface area (Å²) in [5.74, 6) is 2.13. The summed E-state index contributed by atoms with van der Waals surface area (Å²) in [6, 6.07) is 13.2. The Kier molecular flexibility index (Phi) is 3.92. The molecule has 23 heavy (non-hydrogen) atoms. The summed E-state index contributed by atoms with van der Waals surface area (Å²) in [5.41, 5.74) is 2.33. The second-order valence-corrected chi connectivity index (χ2v) is 6.23. The van der Waals surface area contributed by atoms with Gasteiger partial charge in [0.15, 0.2) is 11.5 Å². The van der Waals surface area contributed by atoms with Crippen molar-refractivity contribution in [3.8, 4) is 11.5 Å². The molecular weight excluding hydrogens is 293 g/mol. The number of hydrogen-bond donors (Lipinski definition) is 1. The second kappa shape index (κ2) is 6.20. The molecule has 1 aliphatic carbocycles. The van der Waals surface area contributed by atoms with E-state index in [1.165, 1.54) is 30.5 Å². The largest absolute Gasteiger partial charge is 0.486 e. The van der Waals surface area contributed by atoms with Crippen molar-refractivity contribution in [1.29, 1.82) is 0 Å². The highest BCUT2D eigenvalue weighted by molar-refractivity contribution is 5.45. The highest BCUT2D eigenvalue weighted by atomic mass is 19.1. The van der Waals surface area contributed by atoms with Gasteiger partial charge >= 0.3 is 0 Å². The zero-order valence-electron chi connectivity index (χ0n) is 12.9. The zero-order valence-corrected chi connectivity index (χ0v) is 12.9. The Hall–Kier alpha value is -2.07. The van der Waals surface area contributed by atoms with Crippen LogP contribution in [0.3, 0.4) is 0 Å². The second-order valence-electron chi connectivity index (χ2n) is 6.23. The minimum Gasteiger partial charge on any atom is -0.486 e. The van der Waals surface area contributed by atoms with Crippen molar-refractivity contribution in [3.63, 3.8) is 0 Å². The summed E-state index contributed by atoms with van der Waals surface area (Å²) < 4.78 is 24.3. The number of hydrogen-bond acceptors (Lipinski definition) is 3. The fourth-order valence-electron chi connectivity index (χ4n) is 3.07. The molecule has 1 N–H and O–H groups in total. The Morgan fingerprint density at radius 3 is 2.48 bits per heavy atom. The van der Waals surface area contributed by atoms with Crippen LogP contribution in [-0.4, -0.2) is 13.2 Å². The van der Waals surface area contributed by atoms with Crippen molar-refractivity contribution in [2.45, 2.75) is 25.4 Å². The van der Waals surface area contributed by atoms with Gasteiger partial charge < -0.3 is 14.8 Å². The smallest absolute Gasteiger partial charge is 0.161 e. The van der Waals surface area contributed by atoms with Crippen molar-refractivity contribution >= 4 is 0 Å². The molecule has 1 unspecified atom stereocenters. The van der Waals surface area contributed by atoms with E-state index in [-0.39, 0.29) is 5.82 Å². The maximum Gasteiger partial charge on any atom is 0.161 e. The average molecular weight is 313 g/mol. The molecule has 1 atom stereocenters. The minimum atomic E-state index is -0.195. The Morgan fingerprint density at radius 1 is 1.00 bits per heavy atom. The Balaban J connectivity index is 1.50. The van der Waals surface area contributed by atoms with Crippen molar-refractivity contribution in [2.75, 3.05) is 13.2 Å². The Bertz CT molecular complexity index is 682. The Labute approximate surface area is 135 Å². The van der Waals surface area contributed by atoms with Crippen LogP contribution < -0.4 is 14.8 Å². The first-order valence-corrected chi connectivity index (χ1v) is 8.17. The van der Waals surface area contributed by atoms with Gasteiger partial charge in [-0.25, -0.2) is 4.39 Å². The average Bonchev–Trinajstić information content (AvgIpc) is 3.42. The minimum absolute atomic E-state index is 0.195. The Morgan fingerprint density at radius 2 is 1.74 bits per heavy atom.